The van der Waals surface area contributed by atoms with Crippen molar-refractivity contribution in [2.24, 2.45) is 0 Å². The predicted octanol–water partition coefficient (Wildman–Crippen LogP) is 3.93. The van der Waals surface area contributed by atoms with Crippen LogP contribution in [0.25, 0.3) is 0 Å². The molecular formula is C19H24N2O3. The summed E-state index contributed by atoms with van der Waals surface area (Å²) in [5, 5.41) is 2.90. The van der Waals surface area contributed by atoms with E-state index in [1.54, 1.807) is 6.92 Å². The summed E-state index contributed by atoms with van der Waals surface area (Å²) in [5.74, 6) is -0.669. The van der Waals surface area contributed by atoms with Crippen LogP contribution in [0.1, 0.15) is 56.6 Å². The summed E-state index contributed by atoms with van der Waals surface area (Å²) in [7, 11) is 1.35. The number of hydrogen-bond donors (Lipinski definition) is 2. The van der Waals surface area contributed by atoms with Gasteiger partial charge in [0.2, 0.25) is 0 Å². The fourth-order valence-electron chi connectivity index (χ4n) is 2.76. The number of aryl methyl sites for hydroxylation is 3. The number of carbonyl (C=O) groups excluding carboxylic acids is 2. The Morgan fingerprint density at radius 3 is 2.46 bits per heavy atom. The summed E-state index contributed by atoms with van der Waals surface area (Å²) in [6, 6.07) is 5.78. The van der Waals surface area contributed by atoms with Crippen molar-refractivity contribution in [3.63, 3.8) is 0 Å². The van der Waals surface area contributed by atoms with Gasteiger partial charge in [0, 0.05) is 11.4 Å². The Bertz CT molecular complexity index is 775. The first-order valence-corrected chi connectivity index (χ1v) is 8.07. The number of methoxy groups -OCH3 is 1. The van der Waals surface area contributed by atoms with Crippen molar-refractivity contribution in [3.8, 4) is 0 Å². The fraction of sp³-hybridized carbons (Fsp3) is 0.368. The summed E-state index contributed by atoms with van der Waals surface area (Å²) in [5.41, 5.74) is 5.26. The maximum absolute atomic E-state index is 12.7. The molecule has 0 saturated carbocycles. The number of rotatable bonds is 5. The topological polar surface area (TPSA) is 71.2 Å². The molecule has 0 aliphatic heterocycles. The molecule has 0 aliphatic carbocycles. The van der Waals surface area contributed by atoms with Crippen LogP contribution in [0.2, 0.25) is 0 Å². The average Bonchev–Trinajstić information content (AvgIpc) is 2.87. The monoisotopic (exact) mass is 328 g/mol. The highest BCUT2D eigenvalue weighted by atomic mass is 16.5. The summed E-state index contributed by atoms with van der Waals surface area (Å²) in [6.45, 7) is 7.81. The highest BCUT2D eigenvalue weighted by Crippen LogP contribution is 2.23. The number of carbonyl (C=O) groups is 2. The van der Waals surface area contributed by atoms with Crippen LogP contribution in [0.15, 0.2) is 18.2 Å². The first kappa shape index (κ1) is 17.8. The maximum Gasteiger partial charge on any atom is 0.339 e. The Morgan fingerprint density at radius 2 is 1.88 bits per heavy atom. The van der Waals surface area contributed by atoms with Gasteiger partial charge in [0.15, 0.2) is 0 Å². The molecule has 2 N–H and O–H groups in total. The van der Waals surface area contributed by atoms with E-state index in [1.807, 2.05) is 39.0 Å². The lowest BCUT2D eigenvalue weighted by Gasteiger charge is -2.09. The Morgan fingerprint density at radius 1 is 1.17 bits per heavy atom. The van der Waals surface area contributed by atoms with Crippen LogP contribution in [0.4, 0.5) is 5.69 Å². The van der Waals surface area contributed by atoms with Crippen LogP contribution in [0, 0.1) is 20.8 Å². The number of anilines is 1. The maximum atomic E-state index is 12.7. The third-order valence-electron chi connectivity index (χ3n) is 4.17. The number of nitrogens with one attached hydrogen (secondary N) is 2. The zero-order valence-electron chi connectivity index (χ0n) is 14.9. The third kappa shape index (κ3) is 3.50. The lowest BCUT2D eigenvalue weighted by atomic mass is 10.0. The van der Waals surface area contributed by atoms with Crippen LogP contribution < -0.4 is 5.32 Å². The second kappa shape index (κ2) is 7.34. The third-order valence-corrected chi connectivity index (χ3v) is 4.17. The van der Waals surface area contributed by atoms with Gasteiger partial charge in [0.25, 0.3) is 5.91 Å². The summed E-state index contributed by atoms with van der Waals surface area (Å²) in [6.07, 6.45) is 1.45. The quantitative estimate of drug-likeness (QED) is 0.817. The van der Waals surface area contributed by atoms with Crippen LogP contribution in [-0.2, 0) is 11.2 Å². The van der Waals surface area contributed by atoms with Gasteiger partial charge >= 0.3 is 5.97 Å². The standard InChI is InChI=1S/C19H24N2O3/c1-6-7-15-16(19(23)24-5)13(4)20-17(15)18(22)21-14-9-8-11(2)12(3)10-14/h8-10,20H,6-7H2,1-5H3,(H,21,22). The van der Waals surface area contributed by atoms with E-state index in [9.17, 15) is 9.59 Å². The van der Waals surface area contributed by atoms with Gasteiger partial charge in [0.1, 0.15) is 5.69 Å². The molecular weight excluding hydrogens is 304 g/mol. The number of H-pyrrole nitrogens is 1. The van der Waals surface area contributed by atoms with Crippen molar-refractivity contribution in [3.05, 3.63) is 51.8 Å². The second-order valence-electron chi connectivity index (χ2n) is 5.97. The predicted molar refractivity (Wildman–Crippen MR) is 94.7 cm³/mol. The van der Waals surface area contributed by atoms with E-state index in [2.05, 4.69) is 10.3 Å². The first-order chi connectivity index (χ1) is 11.4. The number of hydrogen-bond acceptors (Lipinski definition) is 3. The molecule has 0 fully saturated rings. The minimum atomic E-state index is -0.419. The molecule has 24 heavy (non-hydrogen) atoms. The molecule has 0 unspecified atom stereocenters. The van der Waals surface area contributed by atoms with Gasteiger partial charge in [-0.3, -0.25) is 4.79 Å². The highest BCUT2D eigenvalue weighted by molar-refractivity contribution is 6.07. The molecule has 1 amide bonds. The van der Waals surface area contributed by atoms with E-state index in [0.717, 1.165) is 17.7 Å². The SMILES string of the molecule is CCCc1c(C(=O)Nc2ccc(C)c(C)c2)[nH]c(C)c1C(=O)OC. The molecule has 1 aromatic carbocycles. The van der Waals surface area contributed by atoms with Crippen LogP contribution in [-0.4, -0.2) is 24.0 Å². The number of esters is 1. The molecule has 5 heteroatoms. The van der Waals surface area contributed by atoms with Crippen molar-refractivity contribution in [1.29, 1.82) is 0 Å². The van der Waals surface area contributed by atoms with E-state index >= 15 is 0 Å². The lowest BCUT2D eigenvalue weighted by molar-refractivity contribution is 0.0599. The minimum Gasteiger partial charge on any atom is -0.465 e. The Balaban J connectivity index is 2.37. The second-order valence-corrected chi connectivity index (χ2v) is 5.97. The average molecular weight is 328 g/mol. The summed E-state index contributed by atoms with van der Waals surface area (Å²) >= 11 is 0. The van der Waals surface area contributed by atoms with E-state index in [1.165, 1.54) is 12.7 Å². The van der Waals surface area contributed by atoms with Crippen molar-refractivity contribution in [2.45, 2.75) is 40.5 Å². The Hall–Kier alpha value is -2.56. The molecule has 5 nitrogen and oxygen atoms in total. The molecule has 1 heterocycles. The molecule has 0 spiro atoms. The molecule has 0 bridgehead atoms. The van der Waals surface area contributed by atoms with Crippen molar-refractivity contribution < 1.29 is 14.3 Å². The number of aromatic amines is 1. The van der Waals surface area contributed by atoms with Gasteiger partial charge in [-0.15, -0.1) is 0 Å². The number of benzene rings is 1. The number of aromatic nitrogens is 1. The van der Waals surface area contributed by atoms with Gasteiger partial charge in [-0.2, -0.15) is 0 Å². The molecule has 128 valence electrons. The lowest BCUT2D eigenvalue weighted by Crippen LogP contribution is -2.15. The van der Waals surface area contributed by atoms with E-state index in [0.29, 0.717) is 28.9 Å². The first-order valence-electron chi connectivity index (χ1n) is 8.07. The van der Waals surface area contributed by atoms with Crippen LogP contribution >= 0.6 is 0 Å². The smallest absolute Gasteiger partial charge is 0.339 e. The molecule has 0 atom stereocenters. The van der Waals surface area contributed by atoms with Gasteiger partial charge in [-0.1, -0.05) is 19.4 Å². The molecule has 2 aromatic rings. The van der Waals surface area contributed by atoms with Crippen molar-refractivity contribution in [2.75, 3.05) is 12.4 Å². The Kier molecular flexibility index (Phi) is 5.44. The van der Waals surface area contributed by atoms with E-state index in [-0.39, 0.29) is 5.91 Å². The van der Waals surface area contributed by atoms with Crippen molar-refractivity contribution >= 4 is 17.6 Å². The van der Waals surface area contributed by atoms with Gasteiger partial charge < -0.3 is 15.0 Å². The molecule has 0 radical (unpaired) electrons. The normalized spacial score (nSPS) is 10.5. The van der Waals surface area contributed by atoms with E-state index < -0.39 is 5.97 Å². The molecule has 2 rings (SSSR count). The molecule has 0 aliphatic rings. The van der Waals surface area contributed by atoms with Crippen LogP contribution in [0.3, 0.4) is 0 Å². The zero-order chi connectivity index (χ0) is 17.9. The van der Waals surface area contributed by atoms with E-state index in [4.69, 9.17) is 4.74 Å². The van der Waals surface area contributed by atoms with Crippen molar-refractivity contribution in [1.82, 2.24) is 4.98 Å². The molecule has 0 saturated heterocycles. The summed E-state index contributed by atoms with van der Waals surface area (Å²) < 4.78 is 4.85. The summed E-state index contributed by atoms with van der Waals surface area (Å²) in [4.78, 5) is 27.8. The zero-order valence-corrected chi connectivity index (χ0v) is 14.9. The van der Waals surface area contributed by atoms with Gasteiger partial charge in [0.05, 0.1) is 12.7 Å². The van der Waals surface area contributed by atoms with Gasteiger partial charge in [-0.05, 0) is 56.0 Å². The molecule has 1 aromatic heterocycles. The number of amides is 1. The minimum absolute atomic E-state index is 0.250. The van der Waals surface area contributed by atoms with Gasteiger partial charge in [-0.25, -0.2) is 4.79 Å². The largest absolute Gasteiger partial charge is 0.465 e. The Labute approximate surface area is 142 Å². The number of ether oxygens (including phenoxy) is 1. The highest BCUT2D eigenvalue weighted by Gasteiger charge is 2.24. The fourth-order valence-corrected chi connectivity index (χ4v) is 2.76. The van der Waals surface area contributed by atoms with Crippen LogP contribution in [0.5, 0.6) is 0 Å².